The van der Waals surface area contributed by atoms with Crippen LogP contribution in [0.2, 0.25) is 0 Å². The second kappa shape index (κ2) is 4.93. The first-order chi connectivity index (χ1) is 6.67. The van der Waals surface area contributed by atoms with E-state index in [0.717, 1.165) is 0 Å². The molecule has 14 heavy (non-hydrogen) atoms. The van der Waals surface area contributed by atoms with E-state index in [4.69, 9.17) is 4.74 Å². The Labute approximate surface area is 81.7 Å². The van der Waals surface area contributed by atoms with Gasteiger partial charge in [-0.15, -0.1) is 0 Å². The monoisotopic (exact) mass is 203 g/mol. The fourth-order valence-electron chi connectivity index (χ4n) is 1.05. The van der Waals surface area contributed by atoms with Gasteiger partial charge in [0.15, 0.2) is 5.75 Å². The number of hydrogen-bond donors (Lipinski definition) is 0. The molecule has 0 aliphatic heterocycles. The van der Waals surface area contributed by atoms with Crippen LogP contribution in [0.4, 0.5) is 8.78 Å². The predicted molar refractivity (Wildman–Crippen MR) is 48.5 cm³/mol. The van der Waals surface area contributed by atoms with Gasteiger partial charge >= 0.3 is 0 Å². The Morgan fingerprint density at radius 1 is 1.64 bits per heavy atom. The molecule has 0 aromatic carbocycles. The summed E-state index contributed by atoms with van der Waals surface area (Å²) in [7, 11) is 0. The van der Waals surface area contributed by atoms with Crippen molar-refractivity contribution in [2.45, 2.75) is 26.3 Å². The maximum Gasteiger partial charge on any atom is 0.272 e. The van der Waals surface area contributed by atoms with Gasteiger partial charge in [-0.1, -0.05) is 0 Å². The van der Waals surface area contributed by atoms with Crippen molar-refractivity contribution in [3.8, 4) is 5.75 Å². The van der Waals surface area contributed by atoms with Gasteiger partial charge in [0.25, 0.3) is 6.43 Å². The van der Waals surface area contributed by atoms with Crippen LogP contribution in [0, 0.1) is 6.92 Å². The van der Waals surface area contributed by atoms with Gasteiger partial charge < -0.3 is 4.74 Å². The molecule has 0 fully saturated rings. The summed E-state index contributed by atoms with van der Waals surface area (Å²) in [5.74, 6) is 0.405. The third-order valence-corrected chi connectivity index (χ3v) is 1.73. The minimum Gasteiger partial charge on any atom is -0.484 e. The molecule has 0 amide bonds. The Hall–Kier alpha value is -1.13. The molecule has 0 spiro atoms. The van der Waals surface area contributed by atoms with Crippen LogP contribution in [0.3, 0.4) is 0 Å². The molecule has 1 radical (unpaired) electrons. The van der Waals surface area contributed by atoms with E-state index in [0.29, 0.717) is 24.4 Å². The van der Waals surface area contributed by atoms with E-state index in [-0.39, 0.29) is 0 Å². The Morgan fingerprint density at radius 2 is 2.36 bits per heavy atom. The third-order valence-electron chi connectivity index (χ3n) is 1.73. The van der Waals surface area contributed by atoms with Gasteiger partial charge in [0.05, 0.1) is 6.20 Å². The Kier molecular flexibility index (Phi) is 3.85. The molecule has 0 bridgehead atoms. The van der Waals surface area contributed by atoms with E-state index in [1.807, 2.05) is 6.92 Å². The minimum absolute atomic E-state index is 0.405. The number of halogens is 2. The average molecular weight is 203 g/mol. The predicted octanol–water partition coefficient (Wildman–Crippen LogP) is 1.92. The van der Waals surface area contributed by atoms with Crippen LogP contribution in [-0.4, -0.2) is 22.8 Å². The summed E-state index contributed by atoms with van der Waals surface area (Å²) in [6, 6.07) is 0. The Balaban J connectivity index is 2.68. The summed E-state index contributed by atoms with van der Waals surface area (Å²) in [4.78, 5) is 0. The molecule has 0 aliphatic rings. The number of rotatable bonds is 5. The lowest BCUT2D eigenvalue weighted by Gasteiger charge is -2.02. The van der Waals surface area contributed by atoms with Crippen molar-refractivity contribution in [1.29, 1.82) is 0 Å². The second-order valence-electron chi connectivity index (χ2n) is 2.75. The van der Waals surface area contributed by atoms with Gasteiger partial charge in [-0.25, -0.2) is 8.78 Å². The van der Waals surface area contributed by atoms with E-state index in [1.54, 1.807) is 10.9 Å². The van der Waals surface area contributed by atoms with Crippen molar-refractivity contribution < 1.29 is 13.5 Å². The molecule has 79 valence electrons. The molecule has 5 heteroatoms. The zero-order chi connectivity index (χ0) is 10.6. The van der Waals surface area contributed by atoms with Crippen LogP contribution in [-0.2, 0) is 13.0 Å². The van der Waals surface area contributed by atoms with Gasteiger partial charge in [0.1, 0.15) is 12.3 Å². The summed E-state index contributed by atoms with van der Waals surface area (Å²) in [6.07, 6.45) is -0.410. The van der Waals surface area contributed by atoms with E-state index in [1.165, 1.54) is 0 Å². The fourth-order valence-corrected chi connectivity index (χ4v) is 1.05. The molecule has 3 nitrogen and oxygen atoms in total. The molecule has 0 saturated heterocycles. The van der Waals surface area contributed by atoms with Crippen LogP contribution in [0.1, 0.15) is 12.6 Å². The number of aryl methyl sites for hydroxylation is 1. The Morgan fingerprint density at radius 3 is 2.86 bits per heavy atom. The normalized spacial score (nSPS) is 10.9. The van der Waals surface area contributed by atoms with Crippen LogP contribution in [0.5, 0.6) is 5.75 Å². The topological polar surface area (TPSA) is 27.1 Å². The highest BCUT2D eigenvalue weighted by Crippen LogP contribution is 2.17. The van der Waals surface area contributed by atoms with Crippen LogP contribution in [0.15, 0.2) is 6.20 Å². The van der Waals surface area contributed by atoms with Crippen LogP contribution < -0.4 is 4.74 Å². The van der Waals surface area contributed by atoms with Crippen LogP contribution in [0.25, 0.3) is 0 Å². The maximum absolute atomic E-state index is 11.9. The lowest BCUT2D eigenvalue weighted by molar-refractivity contribution is 0.0814. The van der Waals surface area contributed by atoms with Gasteiger partial charge in [-0.3, -0.25) is 4.68 Å². The number of hydrogen-bond acceptors (Lipinski definition) is 2. The quantitative estimate of drug-likeness (QED) is 0.731. The molecule has 0 saturated carbocycles. The lowest BCUT2D eigenvalue weighted by atomic mass is 10.3. The summed E-state index contributed by atoms with van der Waals surface area (Å²) >= 11 is 0. The van der Waals surface area contributed by atoms with Gasteiger partial charge in [0.2, 0.25) is 0 Å². The summed E-state index contributed by atoms with van der Waals surface area (Å²) < 4.78 is 30.3. The number of ether oxygens (including phenoxy) is 1. The molecule has 0 atom stereocenters. The largest absolute Gasteiger partial charge is 0.484 e. The first-order valence-electron chi connectivity index (χ1n) is 4.43. The SMILES string of the molecule is [CH2]Cc1nn(CC)cc1OCC(F)F. The number of alkyl halides is 2. The van der Waals surface area contributed by atoms with E-state index < -0.39 is 13.0 Å². The van der Waals surface area contributed by atoms with E-state index >= 15 is 0 Å². The van der Waals surface area contributed by atoms with Gasteiger partial charge in [-0.2, -0.15) is 5.10 Å². The summed E-state index contributed by atoms with van der Waals surface area (Å²) in [5.41, 5.74) is 0.618. The molecule has 1 aromatic heterocycles. The first kappa shape index (κ1) is 10.9. The highest BCUT2D eigenvalue weighted by molar-refractivity contribution is 5.25. The van der Waals surface area contributed by atoms with Gasteiger partial charge in [-0.05, 0) is 20.3 Å². The molecule has 0 aliphatic carbocycles. The van der Waals surface area contributed by atoms with Gasteiger partial charge in [0, 0.05) is 6.54 Å². The molecule has 0 unspecified atom stereocenters. The average Bonchev–Trinajstić information content (AvgIpc) is 2.57. The highest BCUT2D eigenvalue weighted by Gasteiger charge is 2.10. The molecular formula is C9H13F2N2O. The van der Waals surface area contributed by atoms with E-state index in [9.17, 15) is 8.78 Å². The standard InChI is InChI=1S/C9H13F2N2O/c1-3-7-8(14-6-9(10)11)5-13(4-2)12-7/h5,9H,1,3-4,6H2,2H3. The van der Waals surface area contributed by atoms with Crippen LogP contribution >= 0.6 is 0 Å². The highest BCUT2D eigenvalue weighted by atomic mass is 19.3. The lowest BCUT2D eigenvalue weighted by Crippen LogP contribution is -2.07. The third kappa shape index (κ3) is 2.68. The molecule has 1 rings (SSSR count). The molecule has 1 aromatic rings. The van der Waals surface area contributed by atoms with Crippen molar-refractivity contribution in [2.24, 2.45) is 0 Å². The van der Waals surface area contributed by atoms with Crippen molar-refractivity contribution >= 4 is 0 Å². The van der Waals surface area contributed by atoms with Crippen molar-refractivity contribution in [1.82, 2.24) is 9.78 Å². The summed E-state index contributed by atoms with van der Waals surface area (Å²) in [6.45, 7) is 5.65. The second-order valence-corrected chi connectivity index (χ2v) is 2.75. The van der Waals surface area contributed by atoms with Crippen molar-refractivity contribution in [3.05, 3.63) is 18.8 Å². The summed E-state index contributed by atoms with van der Waals surface area (Å²) in [5, 5.41) is 4.11. The molecular weight excluding hydrogens is 190 g/mol. The van der Waals surface area contributed by atoms with Crippen molar-refractivity contribution in [3.63, 3.8) is 0 Å². The zero-order valence-corrected chi connectivity index (χ0v) is 8.04. The first-order valence-corrected chi connectivity index (χ1v) is 4.43. The fraction of sp³-hybridized carbons (Fsp3) is 0.556. The number of nitrogens with zero attached hydrogens (tertiary/aromatic N) is 2. The smallest absolute Gasteiger partial charge is 0.272 e. The maximum atomic E-state index is 11.9. The number of aromatic nitrogens is 2. The molecule has 1 heterocycles. The van der Waals surface area contributed by atoms with Crippen molar-refractivity contribution in [2.75, 3.05) is 6.61 Å². The molecule has 0 N–H and O–H groups in total. The Bertz CT molecular complexity index is 286. The minimum atomic E-state index is -2.46. The zero-order valence-electron chi connectivity index (χ0n) is 8.04. The van der Waals surface area contributed by atoms with E-state index in [2.05, 4.69) is 12.0 Å².